The van der Waals surface area contributed by atoms with Crippen molar-refractivity contribution in [2.45, 2.75) is 37.5 Å². The molecule has 15 heavy (non-hydrogen) atoms. The van der Waals surface area contributed by atoms with E-state index in [1.165, 1.54) is 0 Å². The summed E-state index contributed by atoms with van der Waals surface area (Å²) in [5.41, 5.74) is -0.604. The molecule has 2 rings (SSSR count). The van der Waals surface area contributed by atoms with Gasteiger partial charge in [0.1, 0.15) is 6.09 Å². The van der Waals surface area contributed by atoms with Gasteiger partial charge in [-0.15, -0.1) is 0 Å². The van der Waals surface area contributed by atoms with E-state index in [1.54, 1.807) is 0 Å². The second-order valence-corrected chi connectivity index (χ2v) is 3.87. The van der Waals surface area contributed by atoms with Crippen LogP contribution >= 0.6 is 0 Å². The minimum Gasteiger partial charge on any atom is -0.530 e. The number of nitrogens with zero attached hydrogens (tertiary/aromatic N) is 1. The van der Waals surface area contributed by atoms with Gasteiger partial charge < -0.3 is 14.8 Å². The summed E-state index contributed by atoms with van der Waals surface area (Å²) >= 11 is 0. The van der Waals surface area contributed by atoms with E-state index in [1.807, 2.05) is 0 Å². The Labute approximate surface area is 84.2 Å². The first-order valence-corrected chi connectivity index (χ1v) is 4.67. The van der Waals surface area contributed by atoms with Gasteiger partial charge in [0, 0.05) is 17.7 Å². The van der Waals surface area contributed by atoms with Crippen molar-refractivity contribution in [1.82, 2.24) is 4.90 Å². The number of fused-ring (bicyclic) bond motifs is 2. The Hall–Kier alpha value is -1.20. The predicted octanol–water partition coefficient (Wildman–Crippen LogP) is 1.06. The van der Waals surface area contributed by atoms with Crippen LogP contribution in [0.4, 0.5) is 18.0 Å². The summed E-state index contributed by atoms with van der Waals surface area (Å²) in [6, 6.07) is -1.20. The molecule has 2 aliphatic heterocycles. The zero-order valence-corrected chi connectivity index (χ0v) is 7.75. The zero-order valence-electron chi connectivity index (χ0n) is 7.75. The molecule has 2 atom stereocenters. The van der Waals surface area contributed by atoms with Crippen molar-refractivity contribution in [3.8, 4) is 0 Å². The molecule has 0 saturated carbocycles. The number of alkyl halides is 3. The average Bonchev–Trinajstić information content (AvgIpc) is 2.35. The Morgan fingerprint density at radius 3 is 2.60 bits per heavy atom. The standard InChI is InChI=1S/C9H10F3NO2/c10-9(11,12)5-3-6-1-2-7(4-5)13(6)8(14)15/h3,6-7H,1-2,4H2,(H,14,15)/p-1. The van der Waals surface area contributed by atoms with E-state index in [2.05, 4.69) is 0 Å². The lowest BCUT2D eigenvalue weighted by molar-refractivity contribution is -0.268. The minimum atomic E-state index is -4.33. The second kappa shape index (κ2) is 3.15. The van der Waals surface area contributed by atoms with E-state index in [-0.39, 0.29) is 6.42 Å². The lowest BCUT2D eigenvalue weighted by Gasteiger charge is -2.36. The maximum atomic E-state index is 12.4. The van der Waals surface area contributed by atoms with Crippen LogP contribution in [0, 0.1) is 0 Å². The molecule has 0 aromatic heterocycles. The van der Waals surface area contributed by atoms with Gasteiger partial charge in [0.05, 0.1) is 0 Å². The molecule has 0 aromatic carbocycles. The van der Waals surface area contributed by atoms with Crippen molar-refractivity contribution >= 4 is 6.09 Å². The smallest absolute Gasteiger partial charge is 0.412 e. The van der Waals surface area contributed by atoms with E-state index in [0.717, 1.165) is 11.0 Å². The molecule has 2 aliphatic rings. The first-order valence-electron chi connectivity index (χ1n) is 4.67. The van der Waals surface area contributed by atoms with Crippen LogP contribution in [0.25, 0.3) is 0 Å². The number of hydrogen-bond acceptors (Lipinski definition) is 2. The Balaban J connectivity index is 2.25. The van der Waals surface area contributed by atoms with Crippen molar-refractivity contribution in [1.29, 1.82) is 0 Å². The monoisotopic (exact) mass is 220 g/mol. The fourth-order valence-corrected chi connectivity index (χ4v) is 2.32. The maximum Gasteiger partial charge on any atom is 0.412 e. The van der Waals surface area contributed by atoms with Crippen molar-refractivity contribution in [2.75, 3.05) is 0 Å². The van der Waals surface area contributed by atoms with Gasteiger partial charge in [-0.2, -0.15) is 13.2 Å². The Bertz CT molecular complexity index is 324. The Morgan fingerprint density at radius 1 is 1.47 bits per heavy atom. The normalized spacial score (nSPS) is 30.3. The zero-order chi connectivity index (χ0) is 11.2. The summed E-state index contributed by atoms with van der Waals surface area (Å²) in [5.74, 6) is 0. The predicted molar refractivity (Wildman–Crippen MR) is 42.8 cm³/mol. The molecule has 1 saturated heterocycles. The van der Waals surface area contributed by atoms with Gasteiger partial charge in [-0.25, -0.2) is 0 Å². The van der Waals surface area contributed by atoms with Crippen LogP contribution in [-0.2, 0) is 0 Å². The molecule has 0 radical (unpaired) electrons. The molecule has 0 aromatic rings. The van der Waals surface area contributed by atoms with E-state index < -0.39 is 29.9 Å². The Morgan fingerprint density at radius 2 is 2.13 bits per heavy atom. The molecule has 1 fully saturated rings. The van der Waals surface area contributed by atoms with Crippen LogP contribution in [0.2, 0.25) is 0 Å². The highest BCUT2D eigenvalue weighted by Crippen LogP contribution is 2.40. The van der Waals surface area contributed by atoms with Gasteiger partial charge in [-0.3, -0.25) is 0 Å². The highest BCUT2D eigenvalue weighted by atomic mass is 19.4. The van der Waals surface area contributed by atoms with E-state index >= 15 is 0 Å². The number of carbonyl (C=O) groups excluding carboxylic acids is 1. The third-order valence-electron chi connectivity index (χ3n) is 2.97. The molecule has 2 heterocycles. The van der Waals surface area contributed by atoms with Crippen LogP contribution in [0.5, 0.6) is 0 Å². The molecule has 0 N–H and O–H groups in total. The molecular weight excluding hydrogens is 211 g/mol. The number of carbonyl (C=O) groups is 1. The topological polar surface area (TPSA) is 43.4 Å². The van der Waals surface area contributed by atoms with Gasteiger partial charge >= 0.3 is 6.18 Å². The van der Waals surface area contributed by atoms with Gasteiger partial charge in [0.2, 0.25) is 0 Å². The molecule has 0 spiro atoms. The van der Waals surface area contributed by atoms with E-state index in [0.29, 0.717) is 12.8 Å². The highest BCUT2D eigenvalue weighted by molar-refractivity contribution is 5.65. The third kappa shape index (κ3) is 1.68. The number of hydrogen-bond donors (Lipinski definition) is 0. The van der Waals surface area contributed by atoms with Gasteiger partial charge in [-0.05, 0) is 19.3 Å². The van der Waals surface area contributed by atoms with Crippen LogP contribution in [0.15, 0.2) is 11.6 Å². The molecular formula is C9H9F3NO2-. The molecule has 1 amide bonds. The van der Waals surface area contributed by atoms with Crippen LogP contribution in [0.1, 0.15) is 19.3 Å². The largest absolute Gasteiger partial charge is 0.530 e. The number of carboxylic acid groups (broad SMARTS) is 1. The van der Waals surface area contributed by atoms with Crippen LogP contribution < -0.4 is 5.11 Å². The van der Waals surface area contributed by atoms with Crippen molar-refractivity contribution in [3.05, 3.63) is 11.6 Å². The number of amides is 1. The summed E-state index contributed by atoms with van der Waals surface area (Å²) in [4.78, 5) is 11.7. The van der Waals surface area contributed by atoms with E-state index in [9.17, 15) is 23.1 Å². The quantitative estimate of drug-likeness (QED) is 0.573. The molecule has 84 valence electrons. The molecule has 3 nitrogen and oxygen atoms in total. The first kappa shape index (κ1) is 10.3. The summed E-state index contributed by atoms with van der Waals surface area (Å²) < 4.78 is 37.2. The van der Waals surface area contributed by atoms with E-state index in [4.69, 9.17) is 0 Å². The fourth-order valence-electron chi connectivity index (χ4n) is 2.32. The molecule has 0 aliphatic carbocycles. The summed E-state index contributed by atoms with van der Waals surface area (Å²) in [6.45, 7) is 0. The first-order chi connectivity index (χ1) is 6.89. The number of halogens is 3. The SMILES string of the molecule is O=C([O-])N1C2C=C(C(F)(F)F)CC1CC2. The van der Waals surface area contributed by atoms with Crippen molar-refractivity contribution < 1.29 is 23.1 Å². The third-order valence-corrected chi connectivity index (χ3v) is 2.97. The summed E-state index contributed by atoms with van der Waals surface area (Å²) in [6.07, 6.45) is -4.00. The van der Waals surface area contributed by atoms with Gasteiger partial charge in [-0.1, -0.05) is 6.08 Å². The molecule has 2 bridgehead atoms. The van der Waals surface area contributed by atoms with Crippen molar-refractivity contribution in [2.24, 2.45) is 0 Å². The minimum absolute atomic E-state index is 0.242. The van der Waals surface area contributed by atoms with Crippen LogP contribution in [0.3, 0.4) is 0 Å². The highest BCUT2D eigenvalue weighted by Gasteiger charge is 2.44. The lowest BCUT2D eigenvalue weighted by Crippen LogP contribution is -2.50. The molecule has 6 heteroatoms. The maximum absolute atomic E-state index is 12.4. The molecule has 2 unspecified atom stereocenters. The summed E-state index contributed by atoms with van der Waals surface area (Å²) in [5, 5.41) is 10.7. The Kier molecular flexibility index (Phi) is 2.17. The van der Waals surface area contributed by atoms with Crippen molar-refractivity contribution in [3.63, 3.8) is 0 Å². The second-order valence-electron chi connectivity index (χ2n) is 3.87. The number of rotatable bonds is 0. The van der Waals surface area contributed by atoms with Gasteiger partial charge in [0.15, 0.2) is 0 Å². The van der Waals surface area contributed by atoms with Gasteiger partial charge in [0.25, 0.3) is 0 Å². The fraction of sp³-hybridized carbons (Fsp3) is 0.667. The lowest BCUT2D eigenvalue weighted by atomic mass is 10.0. The average molecular weight is 220 g/mol. The summed E-state index contributed by atoms with van der Waals surface area (Å²) in [7, 11) is 0. The van der Waals surface area contributed by atoms with Crippen LogP contribution in [-0.4, -0.2) is 29.3 Å².